The summed E-state index contributed by atoms with van der Waals surface area (Å²) >= 11 is 5.96. The van der Waals surface area contributed by atoms with Crippen LogP contribution in [-0.2, 0) is 20.8 Å². The molecule has 2 aliphatic rings. The summed E-state index contributed by atoms with van der Waals surface area (Å²) in [6.45, 7) is 9.91. The van der Waals surface area contributed by atoms with Gasteiger partial charge in [-0.3, -0.25) is 14.7 Å². The molecule has 0 spiro atoms. The van der Waals surface area contributed by atoms with E-state index in [1.54, 1.807) is 7.11 Å². The van der Waals surface area contributed by atoms with Crippen LogP contribution in [0.2, 0.25) is 0 Å². The Morgan fingerprint density at radius 3 is 2.67 bits per heavy atom. The predicted octanol–water partition coefficient (Wildman–Crippen LogP) is 3.99. The zero-order valence-electron chi connectivity index (χ0n) is 24.8. The Bertz CT molecular complexity index is 1390. The van der Waals surface area contributed by atoms with Crippen LogP contribution in [0, 0.1) is 13.8 Å². The lowest BCUT2D eigenvalue weighted by molar-refractivity contribution is -0.119. The predicted molar refractivity (Wildman–Crippen MR) is 167 cm³/mol. The number of aryl methyl sites for hydroxylation is 1. The summed E-state index contributed by atoms with van der Waals surface area (Å²) < 4.78 is 18.5. The second kappa shape index (κ2) is 13.6. The Hall–Kier alpha value is -3.51. The van der Waals surface area contributed by atoms with Gasteiger partial charge in [-0.05, 0) is 74.4 Å². The quantitative estimate of drug-likeness (QED) is 0.321. The van der Waals surface area contributed by atoms with Crippen LogP contribution in [0.15, 0.2) is 48.7 Å². The van der Waals surface area contributed by atoms with Crippen molar-refractivity contribution in [3.05, 3.63) is 71.3 Å². The monoisotopic (exact) mass is 592 g/mol. The van der Waals surface area contributed by atoms with Gasteiger partial charge in [0.1, 0.15) is 12.4 Å². The van der Waals surface area contributed by atoms with E-state index < -0.39 is 0 Å². The van der Waals surface area contributed by atoms with Crippen LogP contribution in [-0.4, -0.2) is 79.1 Å². The zero-order valence-corrected chi connectivity index (χ0v) is 25.6. The van der Waals surface area contributed by atoms with Gasteiger partial charge in [0.2, 0.25) is 5.91 Å². The van der Waals surface area contributed by atoms with Crippen LogP contribution in [0.4, 0.5) is 11.4 Å². The fraction of sp³-hybridized carbons (Fsp3) is 0.452. The molecule has 42 heavy (non-hydrogen) atoms. The molecule has 5 rings (SSSR count). The number of thiocarbonyl (C=S) groups is 1. The number of nitrogens with zero attached hydrogens (tertiary/aromatic N) is 4. The van der Waals surface area contributed by atoms with E-state index in [1.807, 2.05) is 42.6 Å². The molecule has 0 saturated carbocycles. The van der Waals surface area contributed by atoms with Crippen molar-refractivity contribution in [3.63, 3.8) is 0 Å². The fourth-order valence-electron chi connectivity index (χ4n) is 5.96. The van der Waals surface area contributed by atoms with E-state index in [0.29, 0.717) is 16.5 Å². The lowest BCUT2D eigenvalue weighted by Gasteiger charge is -2.29. The fourth-order valence-corrected chi connectivity index (χ4v) is 6.30. The number of ether oxygens (including phenoxy) is 3. The smallest absolute Gasteiger partial charge is 0.250 e. The molecule has 2 fully saturated rings. The van der Waals surface area contributed by atoms with Gasteiger partial charge in [-0.25, -0.2) is 0 Å². The number of amides is 1. The number of hydrogen-bond donors (Lipinski definition) is 2. The molecule has 0 aliphatic carbocycles. The number of aromatic nitrogens is 2. The van der Waals surface area contributed by atoms with Crippen LogP contribution in [0.5, 0.6) is 5.75 Å². The molecule has 0 unspecified atom stereocenters. The zero-order chi connectivity index (χ0) is 29.6. The third-order valence-electron chi connectivity index (χ3n) is 8.00. The second-order valence-corrected chi connectivity index (χ2v) is 11.0. The van der Waals surface area contributed by atoms with Crippen molar-refractivity contribution >= 4 is 34.6 Å². The topological polar surface area (TPSA) is 93.1 Å². The lowest BCUT2D eigenvalue weighted by atomic mass is 9.96. The number of methoxy groups -OCH3 is 2. The maximum absolute atomic E-state index is 12.4. The number of carbonyl (C=O) groups is 1. The van der Waals surface area contributed by atoms with Crippen LogP contribution in [0.1, 0.15) is 41.1 Å². The van der Waals surface area contributed by atoms with E-state index in [2.05, 4.69) is 44.9 Å². The van der Waals surface area contributed by atoms with Crippen molar-refractivity contribution in [3.8, 4) is 5.75 Å². The number of morpholine rings is 1. The van der Waals surface area contributed by atoms with Gasteiger partial charge in [0, 0.05) is 56.6 Å². The minimum atomic E-state index is -0.265. The Morgan fingerprint density at radius 2 is 1.95 bits per heavy atom. The summed E-state index contributed by atoms with van der Waals surface area (Å²) in [6, 6.07) is 13.6. The maximum Gasteiger partial charge on any atom is 0.250 e. The molecular weight excluding hydrogens is 552 g/mol. The molecule has 2 saturated heterocycles. The van der Waals surface area contributed by atoms with E-state index in [0.717, 1.165) is 57.2 Å². The number of rotatable bonds is 11. The van der Waals surface area contributed by atoms with Gasteiger partial charge in [0.05, 0.1) is 43.8 Å². The lowest BCUT2D eigenvalue weighted by Crippen LogP contribution is -2.37. The number of anilines is 2. The van der Waals surface area contributed by atoms with E-state index >= 15 is 0 Å². The van der Waals surface area contributed by atoms with E-state index in [9.17, 15) is 4.79 Å². The number of benzene rings is 1. The third kappa shape index (κ3) is 6.44. The van der Waals surface area contributed by atoms with Gasteiger partial charge in [-0.15, -0.1) is 0 Å². The van der Waals surface area contributed by atoms with Crippen molar-refractivity contribution in [1.29, 1.82) is 0 Å². The van der Waals surface area contributed by atoms with E-state index in [1.165, 1.54) is 24.1 Å². The van der Waals surface area contributed by atoms with Gasteiger partial charge in [-0.1, -0.05) is 6.07 Å². The molecule has 1 amide bonds. The summed E-state index contributed by atoms with van der Waals surface area (Å²) in [7, 11) is 3.07. The molecule has 2 atom stereocenters. The molecule has 3 aromatic rings. The van der Waals surface area contributed by atoms with Crippen molar-refractivity contribution in [2.45, 2.75) is 38.9 Å². The van der Waals surface area contributed by atoms with Crippen molar-refractivity contribution in [2.75, 3.05) is 63.9 Å². The van der Waals surface area contributed by atoms with Crippen LogP contribution < -0.4 is 20.3 Å². The van der Waals surface area contributed by atoms with Crippen LogP contribution in [0.3, 0.4) is 0 Å². The standard InChI is InChI=1S/C31H40N6O4S/c1-21-18-24(22(2)36(21)13-7-12-35-14-16-41-17-15-35)30-29(25-8-5-6-11-32-25)34-31(42)37(30)23-9-10-27(40-4)26(19-23)33-28(38)20-39-3/h5-6,8-11,18-19,29-30H,7,12-17,20H2,1-4H3,(H,33,38)(H,34,42)/t29-,30-/m1/s1. The summed E-state index contributed by atoms with van der Waals surface area (Å²) in [4.78, 5) is 21.7. The highest BCUT2D eigenvalue weighted by Gasteiger charge is 2.42. The largest absolute Gasteiger partial charge is 0.495 e. The highest BCUT2D eigenvalue weighted by Crippen LogP contribution is 2.44. The molecule has 2 aromatic heterocycles. The Morgan fingerprint density at radius 1 is 1.14 bits per heavy atom. The highest BCUT2D eigenvalue weighted by atomic mass is 32.1. The molecule has 4 heterocycles. The first-order chi connectivity index (χ1) is 20.4. The maximum atomic E-state index is 12.4. The number of carbonyl (C=O) groups excluding carboxylic acids is 1. The Kier molecular flexibility index (Phi) is 9.73. The average Bonchev–Trinajstić information content (AvgIpc) is 3.49. The third-order valence-corrected chi connectivity index (χ3v) is 8.31. The molecule has 2 N–H and O–H groups in total. The van der Waals surface area contributed by atoms with Gasteiger partial charge >= 0.3 is 0 Å². The molecule has 224 valence electrons. The molecule has 1 aromatic carbocycles. The average molecular weight is 593 g/mol. The summed E-state index contributed by atoms with van der Waals surface area (Å²) in [6.07, 6.45) is 2.87. The van der Waals surface area contributed by atoms with Crippen LogP contribution >= 0.6 is 12.2 Å². The van der Waals surface area contributed by atoms with Gasteiger partial charge in [-0.2, -0.15) is 0 Å². The molecule has 11 heteroatoms. The first kappa shape index (κ1) is 30.0. The SMILES string of the molecule is COCC(=O)Nc1cc(N2C(=S)N[C@H](c3ccccn3)[C@H]2c2cc(C)n(CCCN3CCOCC3)c2C)ccc1OC. The molecule has 0 radical (unpaired) electrons. The first-order valence-electron chi connectivity index (χ1n) is 14.4. The number of nitrogens with one attached hydrogen (secondary N) is 2. The van der Waals surface area contributed by atoms with E-state index in [4.69, 9.17) is 31.4 Å². The Labute approximate surface area is 252 Å². The number of pyridine rings is 1. The Balaban J connectivity index is 1.50. The molecular formula is C31H40N6O4S. The molecule has 10 nitrogen and oxygen atoms in total. The summed E-state index contributed by atoms with van der Waals surface area (Å²) in [5.41, 5.74) is 5.90. The van der Waals surface area contributed by atoms with Gasteiger partial charge in [0.25, 0.3) is 0 Å². The summed E-state index contributed by atoms with van der Waals surface area (Å²) in [5, 5.41) is 7.04. The van der Waals surface area contributed by atoms with Gasteiger partial charge in [0.15, 0.2) is 5.11 Å². The van der Waals surface area contributed by atoms with Crippen molar-refractivity contribution < 1.29 is 19.0 Å². The van der Waals surface area contributed by atoms with Crippen LogP contribution in [0.25, 0.3) is 0 Å². The summed E-state index contributed by atoms with van der Waals surface area (Å²) in [5.74, 6) is 0.288. The van der Waals surface area contributed by atoms with Crippen molar-refractivity contribution in [2.24, 2.45) is 0 Å². The minimum absolute atomic E-state index is 0.0566. The van der Waals surface area contributed by atoms with E-state index in [-0.39, 0.29) is 24.6 Å². The highest BCUT2D eigenvalue weighted by molar-refractivity contribution is 7.80. The number of hydrogen-bond acceptors (Lipinski definition) is 7. The molecule has 2 aliphatic heterocycles. The second-order valence-electron chi connectivity index (χ2n) is 10.6. The van der Waals surface area contributed by atoms with Crippen molar-refractivity contribution in [1.82, 2.24) is 19.8 Å². The first-order valence-corrected chi connectivity index (χ1v) is 14.8. The molecule has 0 bridgehead atoms. The minimum Gasteiger partial charge on any atom is -0.495 e. The normalized spacial score (nSPS) is 19.1. The van der Waals surface area contributed by atoms with Gasteiger partial charge < -0.3 is 34.3 Å².